The largest absolute Gasteiger partial charge is 0.494 e. The van der Waals surface area contributed by atoms with E-state index in [9.17, 15) is 14.4 Å². The van der Waals surface area contributed by atoms with Crippen LogP contribution in [0, 0.1) is 5.92 Å². The highest BCUT2D eigenvalue weighted by molar-refractivity contribution is 5.96. The first-order valence-corrected chi connectivity index (χ1v) is 7.38. The minimum atomic E-state index is -1.14. The number of carbonyl (C=O) groups is 3. The number of hydrogen-bond acceptors (Lipinski definition) is 4. The van der Waals surface area contributed by atoms with Crippen LogP contribution in [0.15, 0.2) is 24.3 Å². The van der Waals surface area contributed by atoms with Gasteiger partial charge >= 0.3 is 5.97 Å². The summed E-state index contributed by atoms with van der Waals surface area (Å²) in [6.07, 6.45) is 0.952. The summed E-state index contributed by atoms with van der Waals surface area (Å²) < 4.78 is 5.55. The van der Waals surface area contributed by atoms with Gasteiger partial charge in [-0.3, -0.25) is 14.4 Å². The van der Waals surface area contributed by atoms with E-state index in [1.165, 1.54) is 0 Å². The quantitative estimate of drug-likeness (QED) is 0.630. The zero-order valence-corrected chi connectivity index (χ0v) is 13.3. The zero-order chi connectivity index (χ0) is 17.2. The molecule has 23 heavy (non-hydrogen) atoms. The molecule has 0 spiro atoms. The highest BCUT2D eigenvalue weighted by atomic mass is 16.5. The fraction of sp³-hybridized carbons (Fsp3) is 0.438. The number of carboxylic acids is 1. The van der Waals surface area contributed by atoms with Crippen LogP contribution < -0.4 is 15.4 Å². The van der Waals surface area contributed by atoms with E-state index in [0.717, 1.165) is 6.42 Å². The van der Waals surface area contributed by atoms with E-state index in [4.69, 9.17) is 9.84 Å². The first-order chi connectivity index (χ1) is 10.9. The lowest BCUT2D eigenvalue weighted by Crippen LogP contribution is -2.38. The molecule has 0 unspecified atom stereocenters. The van der Waals surface area contributed by atoms with Gasteiger partial charge in [-0.15, -0.1) is 0 Å². The Morgan fingerprint density at radius 3 is 2.30 bits per heavy atom. The molecule has 1 aromatic rings. The third-order valence-corrected chi connectivity index (χ3v) is 2.93. The first kappa shape index (κ1) is 18.5. The maximum atomic E-state index is 11.9. The average Bonchev–Trinajstić information content (AvgIpc) is 2.51. The summed E-state index contributed by atoms with van der Waals surface area (Å²) >= 11 is 0. The van der Waals surface area contributed by atoms with E-state index in [2.05, 4.69) is 24.5 Å². The van der Waals surface area contributed by atoms with Crippen LogP contribution >= 0.6 is 0 Å². The van der Waals surface area contributed by atoms with E-state index in [1.54, 1.807) is 24.3 Å². The number of rotatable bonds is 9. The highest BCUT2D eigenvalue weighted by Gasteiger charge is 2.09. The summed E-state index contributed by atoms with van der Waals surface area (Å²) in [6.45, 7) is 4.09. The Hall–Kier alpha value is -2.57. The molecule has 0 saturated carbocycles. The second kappa shape index (κ2) is 9.45. The van der Waals surface area contributed by atoms with Gasteiger partial charge in [-0.1, -0.05) is 13.8 Å². The molecule has 3 N–H and O–H groups in total. The van der Waals surface area contributed by atoms with Crippen LogP contribution in [0.4, 0.5) is 0 Å². The molecule has 2 amide bonds. The molecule has 0 fully saturated rings. The van der Waals surface area contributed by atoms with E-state index in [-0.39, 0.29) is 6.54 Å². The predicted octanol–water partition coefficient (Wildman–Crippen LogP) is 1.04. The Morgan fingerprint density at radius 2 is 1.74 bits per heavy atom. The van der Waals surface area contributed by atoms with Crippen LogP contribution in [0.5, 0.6) is 5.75 Å². The summed E-state index contributed by atoms with van der Waals surface area (Å²) in [7, 11) is 0. The van der Waals surface area contributed by atoms with Gasteiger partial charge in [-0.2, -0.15) is 0 Å². The standard InChI is InChI=1S/C16H22N2O5/c1-11(2)7-8-23-13-5-3-12(4-6-13)16(22)18-9-14(19)17-10-15(20)21/h3-6,11H,7-10H2,1-2H3,(H,17,19)(H,18,22)(H,20,21). The van der Waals surface area contributed by atoms with E-state index < -0.39 is 24.3 Å². The zero-order valence-electron chi connectivity index (χ0n) is 13.3. The third kappa shape index (κ3) is 7.85. The van der Waals surface area contributed by atoms with Gasteiger partial charge in [0, 0.05) is 5.56 Å². The van der Waals surface area contributed by atoms with Crippen LogP contribution in [0.25, 0.3) is 0 Å². The molecule has 0 saturated heterocycles. The van der Waals surface area contributed by atoms with Crippen molar-refractivity contribution >= 4 is 17.8 Å². The molecular formula is C16H22N2O5. The monoisotopic (exact) mass is 322 g/mol. The number of hydrogen-bond donors (Lipinski definition) is 3. The minimum Gasteiger partial charge on any atom is -0.494 e. The molecule has 0 radical (unpaired) electrons. The molecule has 7 heteroatoms. The number of ether oxygens (including phenoxy) is 1. The summed E-state index contributed by atoms with van der Waals surface area (Å²) in [5, 5.41) is 13.0. The summed E-state index contributed by atoms with van der Waals surface area (Å²) in [5.74, 6) is -0.870. The lowest BCUT2D eigenvalue weighted by molar-refractivity contribution is -0.137. The van der Waals surface area contributed by atoms with Gasteiger partial charge in [-0.25, -0.2) is 0 Å². The van der Waals surface area contributed by atoms with Crippen molar-refractivity contribution in [2.75, 3.05) is 19.7 Å². The van der Waals surface area contributed by atoms with Gasteiger partial charge in [0.15, 0.2) is 0 Å². The smallest absolute Gasteiger partial charge is 0.322 e. The molecule has 7 nitrogen and oxygen atoms in total. The average molecular weight is 322 g/mol. The lowest BCUT2D eigenvalue weighted by atomic mass is 10.1. The fourth-order valence-corrected chi connectivity index (χ4v) is 1.61. The van der Waals surface area contributed by atoms with Crippen LogP contribution in [0.1, 0.15) is 30.6 Å². The number of nitrogens with one attached hydrogen (secondary N) is 2. The van der Waals surface area contributed by atoms with Gasteiger partial charge in [0.2, 0.25) is 5.91 Å². The lowest BCUT2D eigenvalue weighted by Gasteiger charge is -2.09. The van der Waals surface area contributed by atoms with Crippen molar-refractivity contribution in [3.63, 3.8) is 0 Å². The van der Waals surface area contributed by atoms with Crippen molar-refractivity contribution in [2.24, 2.45) is 5.92 Å². The van der Waals surface area contributed by atoms with Crippen LogP contribution in [0.2, 0.25) is 0 Å². The second-order valence-corrected chi connectivity index (χ2v) is 5.41. The first-order valence-electron chi connectivity index (χ1n) is 7.38. The predicted molar refractivity (Wildman–Crippen MR) is 84.4 cm³/mol. The molecule has 0 aliphatic carbocycles. The molecule has 1 aromatic carbocycles. The van der Waals surface area contributed by atoms with Crippen molar-refractivity contribution in [3.05, 3.63) is 29.8 Å². The highest BCUT2D eigenvalue weighted by Crippen LogP contribution is 2.13. The van der Waals surface area contributed by atoms with Crippen molar-refractivity contribution in [1.82, 2.24) is 10.6 Å². The molecule has 0 aromatic heterocycles. The van der Waals surface area contributed by atoms with Crippen LogP contribution in [0.3, 0.4) is 0 Å². The molecule has 0 heterocycles. The van der Waals surface area contributed by atoms with Crippen LogP contribution in [-0.4, -0.2) is 42.6 Å². The Balaban J connectivity index is 2.39. The Kier molecular flexibility index (Phi) is 7.59. The summed E-state index contributed by atoms with van der Waals surface area (Å²) in [5.41, 5.74) is 0.396. The molecule has 126 valence electrons. The minimum absolute atomic E-state index is 0.279. The Bertz CT molecular complexity index is 540. The number of benzene rings is 1. The normalized spacial score (nSPS) is 10.2. The third-order valence-electron chi connectivity index (χ3n) is 2.93. The van der Waals surface area contributed by atoms with E-state index in [1.807, 2.05) is 0 Å². The van der Waals surface area contributed by atoms with Gasteiger partial charge < -0.3 is 20.5 Å². The van der Waals surface area contributed by atoms with Crippen molar-refractivity contribution in [3.8, 4) is 5.75 Å². The molecule has 1 rings (SSSR count). The van der Waals surface area contributed by atoms with Gasteiger partial charge in [0.1, 0.15) is 12.3 Å². The molecule has 0 aliphatic heterocycles. The molecule has 0 atom stereocenters. The van der Waals surface area contributed by atoms with E-state index in [0.29, 0.717) is 23.8 Å². The number of aliphatic carboxylic acids is 1. The van der Waals surface area contributed by atoms with E-state index >= 15 is 0 Å². The molecule has 0 aliphatic rings. The summed E-state index contributed by atoms with van der Waals surface area (Å²) in [6, 6.07) is 6.60. The second-order valence-electron chi connectivity index (χ2n) is 5.41. The topological polar surface area (TPSA) is 105 Å². The van der Waals surface area contributed by atoms with Crippen molar-refractivity contribution < 1.29 is 24.2 Å². The number of amides is 2. The Morgan fingerprint density at radius 1 is 1.09 bits per heavy atom. The van der Waals surface area contributed by atoms with Gasteiger partial charge in [0.05, 0.1) is 13.2 Å². The van der Waals surface area contributed by atoms with Gasteiger partial charge in [-0.05, 0) is 36.6 Å². The Labute approximate surface area is 135 Å². The molecular weight excluding hydrogens is 300 g/mol. The number of carbonyl (C=O) groups excluding carboxylic acids is 2. The van der Waals surface area contributed by atoms with Crippen LogP contribution in [-0.2, 0) is 9.59 Å². The maximum Gasteiger partial charge on any atom is 0.322 e. The van der Waals surface area contributed by atoms with Crippen molar-refractivity contribution in [1.29, 1.82) is 0 Å². The summed E-state index contributed by atoms with van der Waals surface area (Å²) in [4.78, 5) is 33.4. The van der Waals surface area contributed by atoms with Crippen molar-refractivity contribution in [2.45, 2.75) is 20.3 Å². The number of carboxylic acid groups (broad SMARTS) is 1. The maximum absolute atomic E-state index is 11.9. The SMILES string of the molecule is CC(C)CCOc1ccc(C(=O)NCC(=O)NCC(=O)O)cc1. The molecule has 0 bridgehead atoms. The fourth-order valence-electron chi connectivity index (χ4n) is 1.61. The van der Waals surface area contributed by atoms with Gasteiger partial charge in [0.25, 0.3) is 5.91 Å².